The van der Waals surface area contributed by atoms with Gasteiger partial charge in [0.05, 0.1) is 22.7 Å². The largest absolute Gasteiger partial charge is 0.383 e. The Morgan fingerprint density at radius 2 is 2.13 bits per heavy atom. The molecule has 5 heteroatoms. The number of ether oxygens (including phenoxy) is 1. The maximum absolute atomic E-state index is 11.7. The highest BCUT2D eigenvalue weighted by Crippen LogP contribution is 2.23. The number of rotatable bonds is 4. The van der Waals surface area contributed by atoms with E-state index >= 15 is 0 Å². The van der Waals surface area contributed by atoms with Gasteiger partial charge in [-0.15, -0.1) is 0 Å². The molecule has 0 bridgehead atoms. The van der Waals surface area contributed by atoms with Gasteiger partial charge in [0.25, 0.3) is 0 Å². The first kappa shape index (κ1) is 12.5. The molecule has 0 spiro atoms. The highest BCUT2D eigenvalue weighted by atomic mass is 35.5. The van der Waals surface area contributed by atoms with Crippen LogP contribution >= 0.6 is 23.2 Å². The molecule has 2 N–H and O–H groups in total. The normalized spacial score (nSPS) is 12.5. The first-order valence-electron chi connectivity index (χ1n) is 4.30. The van der Waals surface area contributed by atoms with Gasteiger partial charge in [0.15, 0.2) is 5.78 Å². The lowest BCUT2D eigenvalue weighted by molar-refractivity contribution is 0.0892. The summed E-state index contributed by atoms with van der Waals surface area (Å²) in [7, 11) is 1.49. The van der Waals surface area contributed by atoms with Crippen LogP contribution in [0.15, 0.2) is 18.2 Å². The number of benzene rings is 1. The Balaban J connectivity index is 2.87. The summed E-state index contributed by atoms with van der Waals surface area (Å²) >= 11 is 11.5. The summed E-state index contributed by atoms with van der Waals surface area (Å²) in [6.07, 6.45) is 0. The first-order valence-corrected chi connectivity index (χ1v) is 5.05. The predicted molar refractivity (Wildman–Crippen MR) is 60.6 cm³/mol. The highest BCUT2D eigenvalue weighted by molar-refractivity contribution is 6.42. The summed E-state index contributed by atoms with van der Waals surface area (Å²) in [6, 6.07) is 3.98. The van der Waals surface area contributed by atoms with Gasteiger partial charge in [0.2, 0.25) is 0 Å². The number of hydrogen-bond donors (Lipinski definition) is 1. The number of carbonyl (C=O) groups excluding carboxylic acids is 1. The molecule has 0 saturated heterocycles. The quantitative estimate of drug-likeness (QED) is 0.830. The number of nitrogens with two attached hydrogens (primary N) is 1. The molecule has 0 heterocycles. The number of halogens is 2. The van der Waals surface area contributed by atoms with Crippen LogP contribution in [0.5, 0.6) is 0 Å². The van der Waals surface area contributed by atoms with Crippen molar-refractivity contribution in [3.63, 3.8) is 0 Å². The lowest BCUT2D eigenvalue weighted by atomic mass is 10.1. The summed E-state index contributed by atoms with van der Waals surface area (Å²) in [5, 5.41) is 0.751. The van der Waals surface area contributed by atoms with Gasteiger partial charge in [-0.25, -0.2) is 0 Å². The van der Waals surface area contributed by atoms with E-state index in [-0.39, 0.29) is 12.4 Å². The van der Waals surface area contributed by atoms with Gasteiger partial charge < -0.3 is 10.5 Å². The molecular weight excluding hydrogens is 237 g/mol. The van der Waals surface area contributed by atoms with Gasteiger partial charge >= 0.3 is 0 Å². The molecule has 1 atom stereocenters. The molecule has 0 amide bonds. The van der Waals surface area contributed by atoms with E-state index in [4.69, 9.17) is 33.7 Å². The van der Waals surface area contributed by atoms with Crippen molar-refractivity contribution in [3.8, 4) is 0 Å². The molecule has 0 aliphatic heterocycles. The molecule has 0 fully saturated rings. The van der Waals surface area contributed by atoms with Crippen molar-refractivity contribution in [2.75, 3.05) is 13.7 Å². The van der Waals surface area contributed by atoms with Crippen molar-refractivity contribution in [2.45, 2.75) is 6.04 Å². The topological polar surface area (TPSA) is 52.3 Å². The molecule has 1 unspecified atom stereocenters. The minimum atomic E-state index is -0.674. The lowest BCUT2D eigenvalue weighted by Gasteiger charge is -2.09. The van der Waals surface area contributed by atoms with E-state index in [1.54, 1.807) is 12.1 Å². The van der Waals surface area contributed by atoms with Crippen molar-refractivity contribution in [3.05, 3.63) is 33.8 Å². The monoisotopic (exact) mass is 247 g/mol. The highest BCUT2D eigenvalue weighted by Gasteiger charge is 2.16. The van der Waals surface area contributed by atoms with Gasteiger partial charge in [-0.2, -0.15) is 0 Å². The Bertz CT molecular complexity index is 368. The van der Waals surface area contributed by atoms with Crippen LogP contribution in [0.3, 0.4) is 0 Å². The van der Waals surface area contributed by atoms with Gasteiger partial charge in [-0.1, -0.05) is 23.2 Å². The van der Waals surface area contributed by atoms with Crippen molar-refractivity contribution < 1.29 is 9.53 Å². The van der Waals surface area contributed by atoms with E-state index in [2.05, 4.69) is 0 Å². The van der Waals surface area contributed by atoms with E-state index < -0.39 is 6.04 Å². The summed E-state index contributed by atoms with van der Waals surface area (Å²) in [5.41, 5.74) is 6.04. The van der Waals surface area contributed by atoms with E-state index in [0.717, 1.165) is 0 Å². The molecule has 1 aromatic carbocycles. The van der Waals surface area contributed by atoms with Crippen molar-refractivity contribution in [1.82, 2.24) is 0 Å². The van der Waals surface area contributed by atoms with E-state index in [9.17, 15) is 4.79 Å². The Morgan fingerprint density at radius 3 is 2.67 bits per heavy atom. The molecule has 3 nitrogen and oxygen atoms in total. The fourth-order valence-corrected chi connectivity index (χ4v) is 1.42. The van der Waals surface area contributed by atoms with Crippen molar-refractivity contribution in [2.24, 2.45) is 5.73 Å². The number of hydrogen-bond acceptors (Lipinski definition) is 3. The van der Waals surface area contributed by atoms with E-state index in [0.29, 0.717) is 15.6 Å². The lowest BCUT2D eigenvalue weighted by Crippen LogP contribution is -2.34. The third-order valence-corrected chi connectivity index (χ3v) is 2.63. The van der Waals surface area contributed by atoms with Gasteiger partial charge in [-0.05, 0) is 18.2 Å². The van der Waals surface area contributed by atoms with Crippen LogP contribution in [0, 0.1) is 0 Å². The Kier molecular flexibility index (Phi) is 4.54. The van der Waals surface area contributed by atoms with Crippen LogP contribution in [-0.4, -0.2) is 25.5 Å². The molecule has 1 rings (SSSR count). The van der Waals surface area contributed by atoms with Crippen LogP contribution in [0.1, 0.15) is 10.4 Å². The van der Waals surface area contributed by atoms with Crippen LogP contribution in [0.25, 0.3) is 0 Å². The Morgan fingerprint density at radius 1 is 1.47 bits per heavy atom. The van der Waals surface area contributed by atoms with Crippen LogP contribution in [0.4, 0.5) is 0 Å². The molecule has 0 aromatic heterocycles. The molecule has 15 heavy (non-hydrogen) atoms. The number of Topliss-reactive ketones (excluding diaryl/α,β-unsaturated/α-hetero) is 1. The number of ketones is 1. The van der Waals surface area contributed by atoms with Gasteiger partial charge in [0.1, 0.15) is 0 Å². The zero-order valence-corrected chi connectivity index (χ0v) is 9.68. The molecular formula is C10H11Cl2NO2. The molecule has 0 saturated carbocycles. The van der Waals surface area contributed by atoms with Gasteiger partial charge in [-0.3, -0.25) is 4.79 Å². The zero-order valence-electron chi connectivity index (χ0n) is 8.17. The first-order chi connectivity index (χ1) is 7.06. The molecule has 82 valence electrons. The maximum atomic E-state index is 11.7. The Hall–Kier alpha value is -0.610. The van der Waals surface area contributed by atoms with Crippen LogP contribution in [-0.2, 0) is 4.74 Å². The SMILES string of the molecule is COCC(N)C(=O)c1ccc(Cl)c(Cl)c1. The summed E-state index contributed by atoms with van der Waals surface area (Å²) in [4.78, 5) is 11.7. The number of methoxy groups -OCH3 is 1. The van der Waals surface area contributed by atoms with Gasteiger partial charge in [0, 0.05) is 12.7 Å². The third kappa shape index (κ3) is 3.18. The van der Waals surface area contributed by atoms with Crippen LogP contribution < -0.4 is 5.73 Å². The average Bonchev–Trinajstić information content (AvgIpc) is 2.21. The fourth-order valence-electron chi connectivity index (χ4n) is 1.12. The third-order valence-electron chi connectivity index (χ3n) is 1.89. The maximum Gasteiger partial charge on any atom is 0.181 e. The van der Waals surface area contributed by atoms with E-state index in [1.165, 1.54) is 13.2 Å². The molecule has 0 radical (unpaired) electrons. The average molecular weight is 248 g/mol. The van der Waals surface area contributed by atoms with Crippen molar-refractivity contribution in [1.29, 1.82) is 0 Å². The molecule has 1 aromatic rings. The zero-order chi connectivity index (χ0) is 11.4. The summed E-state index contributed by atoms with van der Waals surface area (Å²) in [5.74, 6) is -0.213. The van der Waals surface area contributed by atoms with Crippen molar-refractivity contribution >= 4 is 29.0 Å². The minimum Gasteiger partial charge on any atom is -0.383 e. The summed E-state index contributed by atoms with van der Waals surface area (Å²) in [6.45, 7) is 0.180. The minimum absolute atomic E-state index is 0.180. The molecule has 0 aliphatic carbocycles. The molecule has 0 aliphatic rings. The second-order valence-corrected chi connectivity index (χ2v) is 3.87. The summed E-state index contributed by atoms with van der Waals surface area (Å²) < 4.78 is 4.80. The second kappa shape index (κ2) is 5.47. The van der Waals surface area contributed by atoms with Crippen LogP contribution in [0.2, 0.25) is 10.0 Å². The smallest absolute Gasteiger partial charge is 0.181 e. The standard InChI is InChI=1S/C10H11Cl2NO2/c1-15-5-9(13)10(14)6-2-3-7(11)8(12)4-6/h2-4,9H,5,13H2,1H3. The Labute approximate surface area is 98.1 Å². The van der Waals surface area contributed by atoms with E-state index in [1.807, 2.05) is 0 Å². The predicted octanol–water partition coefficient (Wildman–Crippen LogP) is 2.15. The number of carbonyl (C=O) groups is 1. The second-order valence-electron chi connectivity index (χ2n) is 3.05. The fraction of sp³-hybridized carbons (Fsp3) is 0.300.